The highest BCUT2D eigenvalue weighted by atomic mass is 16.5. The Morgan fingerprint density at radius 1 is 1.00 bits per heavy atom. The van der Waals surface area contributed by atoms with Gasteiger partial charge in [0.05, 0.1) is 17.7 Å². The maximum Gasteiger partial charge on any atom is 0.182 e. The van der Waals surface area contributed by atoms with Gasteiger partial charge in [-0.3, -0.25) is 5.32 Å². The molecule has 0 spiro atoms. The molecule has 146 valence electrons. The summed E-state index contributed by atoms with van der Waals surface area (Å²) in [5.41, 5.74) is 5.83. The summed E-state index contributed by atoms with van der Waals surface area (Å²) in [6.45, 7) is 3.39. The number of nitrogens with one attached hydrogen (secondary N) is 1. The second kappa shape index (κ2) is 7.73. The van der Waals surface area contributed by atoms with Crippen molar-refractivity contribution in [2.75, 3.05) is 6.61 Å². The van der Waals surface area contributed by atoms with Crippen LogP contribution in [-0.2, 0) is 11.4 Å². The lowest BCUT2D eigenvalue weighted by Crippen LogP contribution is -2.30. The van der Waals surface area contributed by atoms with Gasteiger partial charge in [-0.2, -0.15) is 5.10 Å². The summed E-state index contributed by atoms with van der Waals surface area (Å²) in [5, 5.41) is 18.4. The summed E-state index contributed by atoms with van der Waals surface area (Å²) in [4.78, 5) is 0. The fourth-order valence-corrected chi connectivity index (χ4v) is 3.95. The third-order valence-electron chi connectivity index (χ3n) is 5.34. The number of hydrogen-bond donors (Lipinski definition) is 1. The lowest BCUT2D eigenvalue weighted by Gasteiger charge is -2.13. The van der Waals surface area contributed by atoms with Gasteiger partial charge < -0.3 is 4.74 Å². The van der Waals surface area contributed by atoms with E-state index in [1.807, 2.05) is 35.9 Å². The third-order valence-corrected chi connectivity index (χ3v) is 5.34. The lowest BCUT2D eigenvalue weighted by molar-refractivity contribution is 0.0763. The zero-order chi connectivity index (χ0) is 19.6. The van der Waals surface area contributed by atoms with E-state index in [-0.39, 0.29) is 6.23 Å². The van der Waals surface area contributed by atoms with Crippen LogP contribution in [0.2, 0.25) is 0 Å². The van der Waals surface area contributed by atoms with Crippen LogP contribution >= 0.6 is 0 Å². The Bertz CT molecular complexity index is 1120. The fraction of sp³-hybridized carbons (Fsp3) is 0.261. The molecule has 4 aromatic rings. The average Bonchev–Trinajstić information content (AvgIpc) is 3.41. The molecule has 6 nitrogen and oxygen atoms in total. The normalized spacial score (nSPS) is 16.5. The Hall–Kier alpha value is -3.09. The van der Waals surface area contributed by atoms with Crippen LogP contribution in [0.25, 0.3) is 33.4 Å². The number of ether oxygens (including phenoxy) is 1. The smallest absolute Gasteiger partial charge is 0.182 e. The Labute approximate surface area is 169 Å². The first-order chi connectivity index (χ1) is 14.3. The van der Waals surface area contributed by atoms with E-state index >= 15 is 0 Å². The van der Waals surface area contributed by atoms with Crippen molar-refractivity contribution in [3.63, 3.8) is 0 Å². The van der Waals surface area contributed by atoms with Crippen molar-refractivity contribution in [3.05, 3.63) is 66.4 Å². The molecule has 29 heavy (non-hydrogen) atoms. The zero-order valence-corrected chi connectivity index (χ0v) is 16.4. The molecule has 1 atom stereocenters. The van der Waals surface area contributed by atoms with Crippen LogP contribution in [0.5, 0.6) is 0 Å². The molecule has 0 bridgehead atoms. The molecular formula is C23H23N5O. The summed E-state index contributed by atoms with van der Waals surface area (Å²) < 4.78 is 7.56. The molecule has 2 aromatic heterocycles. The first-order valence-electron chi connectivity index (χ1n) is 10.0. The van der Waals surface area contributed by atoms with Crippen molar-refractivity contribution in [2.45, 2.75) is 32.7 Å². The highest BCUT2D eigenvalue weighted by Crippen LogP contribution is 2.36. The van der Waals surface area contributed by atoms with Gasteiger partial charge in [0.25, 0.3) is 0 Å². The van der Waals surface area contributed by atoms with Crippen molar-refractivity contribution in [1.29, 1.82) is 0 Å². The van der Waals surface area contributed by atoms with E-state index in [0.29, 0.717) is 6.67 Å². The first kappa shape index (κ1) is 18.0. The minimum Gasteiger partial charge on any atom is -0.363 e. The van der Waals surface area contributed by atoms with Gasteiger partial charge in [0.2, 0.25) is 0 Å². The van der Waals surface area contributed by atoms with E-state index in [9.17, 15) is 0 Å². The van der Waals surface area contributed by atoms with Crippen LogP contribution in [0.1, 0.15) is 18.5 Å². The van der Waals surface area contributed by atoms with Gasteiger partial charge in [-0.1, -0.05) is 60.7 Å². The van der Waals surface area contributed by atoms with E-state index in [1.54, 1.807) is 0 Å². The number of hydrogen-bond acceptors (Lipinski definition) is 5. The summed E-state index contributed by atoms with van der Waals surface area (Å²) in [6, 6.07) is 20.6. The quantitative estimate of drug-likeness (QED) is 0.559. The van der Waals surface area contributed by atoms with E-state index in [4.69, 9.17) is 9.84 Å². The lowest BCUT2D eigenvalue weighted by atomic mass is 9.96. The van der Waals surface area contributed by atoms with Crippen LogP contribution in [0, 0.1) is 6.92 Å². The molecule has 1 aliphatic heterocycles. The molecule has 0 amide bonds. The number of aromatic nitrogens is 4. The second-order valence-electron chi connectivity index (χ2n) is 7.30. The largest absolute Gasteiger partial charge is 0.363 e. The number of aryl methyl sites for hydroxylation is 1. The van der Waals surface area contributed by atoms with Gasteiger partial charge in [-0.05, 0) is 25.3 Å². The predicted molar refractivity (Wildman–Crippen MR) is 113 cm³/mol. The van der Waals surface area contributed by atoms with Crippen molar-refractivity contribution >= 4 is 11.0 Å². The molecule has 3 heterocycles. The maximum atomic E-state index is 5.68. The van der Waals surface area contributed by atoms with Crippen molar-refractivity contribution < 1.29 is 4.74 Å². The van der Waals surface area contributed by atoms with Crippen LogP contribution in [0.3, 0.4) is 0 Å². The number of rotatable bonds is 5. The van der Waals surface area contributed by atoms with Crippen LogP contribution in [0.15, 0.2) is 60.7 Å². The molecule has 0 saturated carbocycles. The molecule has 0 radical (unpaired) electrons. The summed E-state index contributed by atoms with van der Waals surface area (Å²) >= 11 is 0. The standard InChI is InChI=1S/C23H23N5O/c1-16-20-21(17-9-4-2-5-10-17)22(18-11-6-3-7-12-18)25-26-23(20)28(27-16)15-24-19-13-8-14-29-19/h2-7,9-12,19,24H,8,13-15H2,1H3. The Balaban J connectivity index is 1.66. The van der Waals surface area contributed by atoms with Gasteiger partial charge >= 0.3 is 0 Å². The van der Waals surface area contributed by atoms with Crippen LogP contribution < -0.4 is 5.32 Å². The maximum absolute atomic E-state index is 5.68. The van der Waals surface area contributed by atoms with Crippen LogP contribution in [-0.4, -0.2) is 32.8 Å². The average molecular weight is 385 g/mol. The monoisotopic (exact) mass is 385 g/mol. The molecule has 6 heteroatoms. The molecule has 2 aromatic carbocycles. The molecule has 1 aliphatic rings. The summed E-state index contributed by atoms with van der Waals surface area (Å²) in [5.74, 6) is 0. The van der Waals surface area contributed by atoms with Gasteiger partial charge in [-0.15, -0.1) is 10.2 Å². The highest BCUT2D eigenvalue weighted by Gasteiger charge is 2.21. The van der Waals surface area contributed by atoms with E-state index < -0.39 is 0 Å². The van der Waals surface area contributed by atoms with Crippen molar-refractivity contribution in [2.24, 2.45) is 0 Å². The Morgan fingerprint density at radius 2 is 1.72 bits per heavy atom. The van der Waals surface area contributed by atoms with Crippen molar-refractivity contribution in [1.82, 2.24) is 25.3 Å². The predicted octanol–water partition coefficient (Wildman–Crippen LogP) is 4.15. The van der Waals surface area contributed by atoms with Crippen LogP contribution in [0.4, 0.5) is 0 Å². The minimum atomic E-state index is 0.0831. The Kier molecular flexibility index (Phi) is 4.79. The second-order valence-corrected chi connectivity index (χ2v) is 7.30. The third kappa shape index (κ3) is 3.41. The van der Waals surface area contributed by atoms with Gasteiger partial charge in [0.1, 0.15) is 11.9 Å². The molecule has 5 rings (SSSR count). The van der Waals surface area contributed by atoms with E-state index in [1.165, 1.54) is 0 Å². The van der Waals surface area contributed by atoms with Gasteiger partial charge in [-0.25, -0.2) is 4.68 Å². The van der Waals surface area contributed by atoms with E-state index in [2.05, 4.69) is 51.9 Å². The molecule has 1 N–H and O–H groups in total. The number of benzene rings is 2. The van der Waals surface area contributed by atoms with Crippen molar-refractivity contribution in [3.8, 4) is 22.4 Å². The molecule has 1 unspecified atom stereocenters. The summed E-state index contributed by atoms with van der Waals surface area (Å²) in [7, 11) is 0. The van der Waals surface area contributed by atoms with E-state index in [0.717, 1.165) is 58.6 Å². The topological polar surface area (TPSA) is 64.9 Å². The number of fused-ring (bicyclic) bond motifs is 1. The molecule has 1 fully saturated rings. The summed E-state index contributed by atoms with van der Waals surface area (Å²) in [6.07, 6.45) is 2.20. The first-order valence-corrected chi connectivity index (χ1v) is 10.0. The fourth-order valence-electron chi connectivity index (χ4n) is 3.95. The van der Waals surface area contributed by atoms with Gasteiger partial charge in [0, 0.05) is 17.7 Å². The molecule has 1 saturated heterocycles. The Morgan fingerprint density at radius 3 is 2.41 bits per heavy atom. The highest BCUT2D eigenvalue weighted by molar-refractivity contribution is 6.01. The number of nitrogens with zero attached hydrogens (tertiary/aromatic N) is 4. The molecule has 0 aliphatic carbocycles. The van der Waals surface area contributed by atoms with Gasteiger partial charge in [0.15, 0.2) is 5.65 Å². The molecular weight excluding hydrogens is 362 g/mol. The minimum absolute atomic E-state index is 0.0831. The zero-order valence-electron chi connectivity index (χ0n) is 16.4. The SMILES string of the molecule is Cc1nn(CNC2CCCO2)c2nnc(-c3ccccc3)c(-c3ccccc3)c12.